The van der Waals surface area contributed by atoms with Crippen molar-refractivity contribution in [3.8, 4) is 0 Å². The lowest BCUT2D eigenvalue weighted by Crippen LogP contribution is -2.16. The summed E-state index contributed by atoms with van der Waals surface area (Å²) < 4.78 is 0. The summed E-state index contributed by atoms with van der Waals surface area (Å²) in [6.45, 7) is 0. The summed E-state index contributed by atoms with van der Waals surface area (Å²) in [4.78, 5) is 8.43. The Balaban J connectivity index is 2.09. The Hall–Kier alpha value is -0.480. The van der Waals surface area contributed by atoms with Crippen LogP contribution in [0.3, 0.4) is 0 Å². The molecule has 1 aliphatic heterocycles. The molecule has 1 aliphatic carbocycles. The lowest BCUT2D eigenvalue weighted by atomic mass is 9.93. The normalized spacial score (nSPS) is 28.3. The summed E-state index contributed by atoms with van der Waals surface area (Å²) in [5, 5.41) is 2.30. The molecule has 0 aromatic carbocycles. The summed E-state index contributed by atoms with van der Waals surface area (Å²) >= 11 is 8.04. The van der Waals surface area contributed by atoms with Crippen LogP contribution in [0.15, 0.2) is 5.03 Å². The highest BCUT2D eigenvalue weighted by atomic mass is 35.5. The van der Waals surface area contributed by atoms with Crippen molar-refractivity contribution in [1.82, 2.24) is 9.97 Å². The standard InChI is InChI=1S/C11H14ClN3S/c12-9-8-6-3-1-2-4-7(5-6)16-10(8)15-11(13)14-9/h6-7H,1-5H2,(H2,13,14,15). The quantitative estimate of drug-likeness (QED) is 0.723. The molecule has 0 saturated heterocycles. The van der Waals surface area contributed by atoms with Gasteiger partial charge in [-0.1, -0.05) is 24.4 Å². The minimum atomic E-state index is 0.301. The van der Waals surface area contributed by atoms with E-state index in [4.69, 9.17) is 17.3 Å². The molecule has 2 bridgehead atoms. The summed E-state index contributed by atoms with van der Waals surface area (Å²) in [7, 11) is 0. The highest BCUT2D eigenvalue weighted by Gasteiger charge is 2.32. The first-order valence-corrected chi connectivity index (χ1v) is 6.99. The van der Waals surface area contributed by atoms with Gasteiger partial charge in [-0.3, -0.25) is 0 Å². The van der Waals surface area contributed by atoms with Gasteiger partial charge in [0, 0.05) is 10.8 Å². The molecule has 16 heavy (non-hydrogen) atoms. The number of anilines is 1. The fourth-order valence-corrected chi connectivity index (χ4v) is 4.57. The third kappa shape index (κ3) is 1.78. The molecule has 2 aliphatic rings. The molecule has 86 valence electrons. The Morgan fingerprint density at radius 2 is 2.06 bits per heavy atom. The zero-order chi connectivity index (χ0) is 11.1. The van der Waals surface area contributed by atoms with Gasteiger partial charge in [0.05, 0.1) is 0 Å². The molecule has 3 rings (SSSR count). The van der Waals surface area contributed by atoms with Crippen molar-refractivity contribution in [2.45, 2.75) is 48.3 Å². The van der Waals surface area contributed by atoms with Crippen molar-refractivity contribution in [3.63, 3.8) is 0 Å². The van der Waals surface area contributed by atoms with Crippen LogP contribution in [0.1, 0.15) is 43.6 Å². The van der Waals surface area contributed by atoms with Gasteiger partial charge >= 0.3 is 0 Å². The molecule has 2 N–H and O–H groups in total. The van der Waals surface area contributed by atoms with E-state index in [-0.39, 0.29) is 0 Å². The van der Waals surface area contributed by atoms with E-state index in [9.17, 15) is 0 Å². The van der Waals surface area contributed by atoms with Crippen LogP contribution in [0.4, 0.5) is 5.95 Å². The maximum Gasteiger partial charge on any atom is 0.222 e. The lowest BCUT2D eigenvalue weighted by Gasteiger charge is -2.28. The number of hydrogen-bond acceptors (Lipinski definition) is 4. The van der Waals surface area contributed by atoms with E-state index in [1.165, 1.54) is 32.1 Å². The highest BCUT2D eigenvalue weighted by molar-refractivity contribution is 8.00. The largest absolute Gasteiger partial charge is 0.368 e. The van der Waals surface area contributed by atoms with Gasteiger partial charge in [0.25, 0.3) is 0 Å². The monoisotopic (exact) mass is 255 g/mol. The van der Waals surface area contributed by atoms with Crippen LogP contribution >= 0.6 is 23.4 Å². The minimum Gasteiger partial charge on any atom is -0.368 e. The first-order chi connectivity index (χ1) is 7.74. The van der Waals surface area contributed by atoms with E-state index in [2.05, 4.69) is 9.97 Å². The number of rotatable bonds is 0. The van der Waals surface area contributed by atoms with Gasteiger partial charge in [-0.15, -0.1) is 11.8 Å². The second kappa shape index (κ2) is 4.08. The number of thioether (sulfide) groups is 1. The Kier molecular flexibility index (Phi) is 2.72. The number of aromatic nitrogens is 2. The van der Waals surface area contributed by atoms with Gasteiger partial charge in [-0.2, -0.15) is 0 Å². The summed E-state index contributed by atoms with van der Waals surface area (Å²) in [6, 6.07) is 0. The van der Waals surface area contributed by atoms with Crippen LogP contribution in [0, 0.1) is 0 Å². The predicted octanol–water partition coefficient (Wildman–Crippen LogP) is 3.23. The van der Waals surface area contributed by atoms with Crippen molar-refractivity contribution in [2.24, 2.45) is 0 Å². The molecule has 1 fully saturated rings. The number of hydrogen-bond donors (Lipinski definition) is 1. The maximum atomic E-state index is 6.20. The Labute approximate surface area is 104 Å². The molecular formula is C11H14ClN3S. The van der Waals surface area contributed by atoms with E-state index in [1.807, 2.05) is 11.8 Å². The second-order valence-corrected chi connectivity index (χ2v) is 6.20. The number of nitrogens with zero attached hydrogens (tertiary/aromatic N) is 2. The molecule has 1 aromatic rings. The van der Waals surface area contributed by atoms with Crippen molar-refractivity contribution in [3.05, 3.63) is 10.7 Å². The van der Waals surface area contributed by atoms with Gasteiger partial charge < -0.3 is 5.73 Å². The van der Waals surface area contributed by atoms with Crippen molar-refractivity contribution < 1.29 is 0 Å². The fourth-order valence-electron chi connectivity index (χ4n) is 2.71. The molecule has 2 atom stereocenters. The van der Waals surface area contributed by atoms with E-state index < -0.39 is 0 Å². The zero-order valence-electron chi connectivity index (χ0n) is 8.95. The van der Waals surface area contributed by atoms with Gasteiger partial charge in [0.2, 0.25) is 5.95 Å². The first kappa shape index (κ1) is 10.7. The molecule has 5 heteroatoms. The molecule has 2 heterocycles. The molecule has 3 nitrogen and oxygen atoms in total. The number of nitrogens with two attached hydrogens (primary N) is 1. The Bertz CT molecular complexity index is 424. The molecule has 0 spiro atoms. The lowest BCUT2D eigenvalue weighted by molar-refractivity contribution is 0.571. The Morgan fingerprint density at radius 3 is 2.94 bits per heavy atom. The highest BCUT2D eigenvalue weighted by Crippen LogP contribution is 2.48. The van der Waals surface area contributed by atoms with Gasteiger partial charge in [0.15, 0.2) is 0 Å². The smallest absolute Gasteiger partial charge is 0.222 e. The number of halogens is 1. The maximum absolute atomic E-state index is 6.20. The Morgan fingerprint density at radius 1 is 1.25 bits per heavy atom. The topological polar surface area (TPSA) is 51.8 Å². The van der Waals surface area contributed by atoms with Crippen LogP contribution in [0.5, 0.6) is 0 Å². The van der Waals surface area contributed by atoms with Crippen LogP contribution in [0.2, 0.25) is 5.15 Å². The SMILES string of the molecule is Nc1nc(Cl)c2c(n1)SC1CCCCC2C1. The number of nitrogen functional groups attached to an aromatic ring is 1. The average molecular weight is 256 g/mol. The average Bonchev–Trinajstić information content (AvgIpc) is 2.39. The molecular weight excluding hydrogens is 242 g/mol. The van der Waals surface area contributed by atoms with E-state index >= 15 is 0 Å². The van der Waals surface area contributed by atoms with Crippen LogP contribution in [-0.2, 0) is 0 Å². The molecule has 2 unspecified atom stereocenters. The molecule has 0 amide bonds. The van der Waals surface area contributed by atoms with Gasteiger partial charge in [-0.05, 0) is 25.2 Å². The molecule has 1 aromatic heterocycles. The minimum absolute atomic E-state index is 0.301. The van der Waals surface area contributed by atoms with E-state index in [1.54, 1.807) is 0 Å². The van der Waals surface area contributed by atoms with Crippen LogP contribution in [0.25, 0.3) is 0 Å². The molecule has 1 saturated carbocycles. The predicted molar refractivity (Wildman–Crippen MR) is 66.9 cm³/mol. The number of fused-ring (bicyclic) bond motifs is 4. The van der Waals surface area contributed by atoms with Gasteiger partial charge in [-0.25, -0.2) is 9.97 Å². The van der Waals surface area contributed by atoms with Crippen LogP contribution in [-0.4, -0.2) is 15.2 Å². The molecule has 0 radical (unpaired) electrons. The van der Waals surface area contributed by atoms with Crippen LogP contribution < -0.4 is 5.73 Å². The summed E-state index contributed by atoms with van der Waals surface area (Å²) in [5.74, 6) is 0.853. The summed E-state index contributed by atoms with van der Waals surface area (Å²) in [6.07, 6.45) is 6.36. The van der Waals surface area contributed by atoms with Crippen molar-refractivity contribution in [2.75, 3.05) is 5.73 Å². The third-order valence-corrected chi connectivity index (χ3v) is 5.03. The van der Waals surface area contributed by atoms with Crippen molar-refractivity contribution >= 4 is 29.3 Å². The second-order valence-electron chi connectivity index (χ2n) is 4.55. The van der Waals surface area contributed by atoms with E-state index in [0.717, 1.165) is 10.6 Å². The van der Waals surface area contributed by atoms with Gasteiger partial charge in [0.1, 0.15) is 10.2 Å². The third-order valence-electron chi connectivity index (χ3n) is 3.44. The zero-order valence-corrected chi connectivity index (χ0v) is 10.5. The van der Waals surface area contributed by atoms with Crippen molar-refractivity contribution in [1.29, 1.82) is 0 Å². The summed E-state index contributed by atoms with van der Waals surface area (Å²) in [5.41, 5.74) is 6.80. The fraction of sp³-hybridized carbons (Fsp3) is 0.636. The van der Waals surface area contributed by atoms with E-state index in [0.29, 0.717) is 22.3 Å². The first-order valence-electron chi connectivity index (χ1n) is 5.73.